The fraction of sp³-hybridized carbons (Fsp3) is 0.273. The zero-order chi connectivity index (χ0) is 10.7. The Morgan fingerprint density at radius 2 is 2.20 bits per heavy atom. The quantitative estimate of drug-likeness (QED) is 0.693. The third kappa shape index (κ3) is 1.98. The number of hydrogen-bond acceptors (Lipinski definition) is 4. The van der Waals surface area contributed by atoms with Gasteiger partial charge in [-0.3, -0.25) is 0 Å². The standard InChI is InChI=1S/C11H11NO3/c1-14-10-4-2-8(3-5-10)11-12-9(6-13)7-15-11/h2-6,9H,7H2,1H3. The molecule has 0 aromatic heterocycles. The van der Waals surface area contributed by atoms with E-state index < -0.39 is 0 Å². The van der Waals surface area contributed by atoms with Gasteiger partial charge >= 0.3 is 0 Å². The molecule has 1 heterocycles. The minimum Gasteiger partial charge on any atom is -0.497 e. The van der Waals surface area contributed by atoms with Crippen LogP contribution in [0.15, 0.2) is 29.3 Å². The number of carbonyl (C=O) groups is 1. The van der Waals surface area contributed by atoms with Crippen LogP contribution in [0, 0.1) is 0 Å². The van der Waals surface area contributed by atoms with Gasteiger partial charge in [0.25, 0.3) is 0 Å². The Labute approximate surface area is 87.5 Å². The largest absolute Gasteiger partial charge is 0.497 e. The highest BCUT2D eigenvalue weighted by molar-refractivity contribution is 5.96. The monoisotopic (exact) mass is 205 g/mol. The lowest BCUT2D eigenvalue weighted by Gasteiger charge is -2.02. The maximum absolute atomic E-state index is 10.5. The van der Waals surface area contributed by atoms with E-state index in [1.807, 2.05) is 24.3 Å². The highest BCUT2D eigenvalue weighted by Crippen LogP contribution is 2.15. The van der Waals surface area contributed by atoms with Crippen LogP contribution in [-0.2, 0) is 9.53 Å². The molecule has 1 atom stereocenters. The van der Waals surface area contributed by atoms with Gasteiger partial charge in [-0.05, 0) is 24.3 Å². The van der Waals surface area contributed by atoms with Crippen molar-refractivity contribution in [2.75, 3.05) is 13.7 Å². The molecule has 0 bridgehead atoms. The number of aliphatic imine (C=N–C) groups is 1. The van der Waals surface area contributed by atoms with Gasteiger partial charge in [0.2, 0.25) is 5.90 Å². The van der Waals surface area contributed by atoms with Gasteiger partial charge in [0, 0.05) is 5.56 Å². The Bertz CT molecular complexity index is 383. The second kappa shape index (κ2) is 4.13. The smallest absolute Gasteiger partial charge is 0.216 e. The van der Waals surface area contributed by atoms with Crippen molar-refractivity contribution in [2.45, 2.75) is 6.04 Å². The van der Waals surface area contributed by atoms with E-state index in [0.29, 0.717) is 12.5 Å². The van der Waals surface area contributed by atoms with E-state index in [0.717, 1.165) is 17.6 Å². The molecule has 0 saturated heterocycles. The van der Waals surface area contributed by atoms with E-state index in [1.54, 1.807) is 7.11 Å². The molecule has 4 nitrogen and oxygen atoms in total. The summed E-state index contributed by atoms with van der Waals surface area (Å²) in [5.74, 6) is 1.30. The van der Waals surface area contributed by atoms with Crippen LogP contribution in [0.1, 0.15) is 5.56 Å². The van der Waals surface area contributed by atoms with Crippen molar-refractivity contribution in [1.29, 1.82) is 0 Å². The van der Waals surface area contributed by atoms with Crippen LogP contribution in [0.5, 0.6) is 5.75 Å². The van der Waals surface area contributed by atoms with Gasteiger partial charge in [-0.1, -0.05) is 0 Å². The fourth-order valence-electron chi connectivity index (χ4n) is 1.35. The summed E-state index contributed by atoms with van der Waals surface area (Å²) in [5.41, 5.74) is 0.861. The Morgan fingerprint density at radius 1 is 1.47 bits per heavy atom. The number of benzene rings is 1. The van der Waals surface area contributed by atoms with Crippen molar-refractivity contribution in [3.05, 3.63) is 29.8 Å². The maximum Gasteiger partial charge on any atom is 0.216 e. The van der Waals surface area contributed by atoms with Crippen molar-refractivity contribution >= 4 is 12.2 Å². The molecule has 1 unspecified atom stereocenters. The van der Waals surface area contributed by atoms with Crippen molar-refractivity contribution in [3.8, 4) is 5.75 Å². The summed E-state index contributed by atoms with van der Waals surface area (Å²) in [6.45, 7) is 0.338. The molecule has 1 aliphatic rings. The first-order valence-electron chi connectivity index (χ1n) is 4.64. The molecule has 2 rings (SSSR count). The Kier molecular flexibility index (Phi) is 2.67. The molecule has 0 aliphatic carbocycles. The lowest BCUT2D eigenvalue weighted by molar-refractivity contribution is -0.109. The van der Waals surface area contributed by atoms with Gasteiger partial charge in [0.05, 0.1) is 7.11 Å². The van der Waals surface area contributed by atoms with E-state index >= 15 is 0 Å². The molecule has 1 aromatic carbocycles. The number of carbonyl (C=O) groups excluding carboxylic acids is 1. The summed E-state index contributed by atoms with van der Waals surface area (Å²) >= 11 is 0. The van der Waals surface area contributed by atoms with Crippen LogP contribution in [0.25, 0.3) is 0 Å². The minimum atomic E-state index is -0.359. The van der Waals surface area contributed by atoms with Crippen LogP contribution < -0.4 is 4.74 Å². The summed E-state index contributed by atoms with van der Waals surface area (Å²) in [5, 5.41) is 0. The predicted octanol–water partition coefficient (Wildman–Crippen LogP) is 1.04. The van der Waals surface area contributed by atoms with Crippen molar-refractivity contribution in [1.82, 2.24) is 0 Å². The first-order valence-corrected chi connectivity index (χ1v) is 4.64. The summed E-state index contributed by atoms with van der Waals surface area (Å²) in [7, 11) is 1.61. The zero-order valence-electron chi connectivity index (χ0n) is 8.34. The van der Waals surface area contributed by atoms with Gasteiger partial charge in [-0.25, -0.2) is 4.99 Å². The van der Waals surface area contributed by atoms with E-state index in [1.165, 1.54) is 0 Å². The highest BCUT2D eigenvalue weighted by atomic mass is 16.5. The second-order valence-corrected chi connectivity index (χ2v) is 3.18. The first-order chi connectivity index (χ1) is 7.33. The molecular formula is C11H11NO3. The fourth-order valence-corrected chi connectivity index (χ4v) is 1.35. The number of ether oxygens (including phenoxy) is 2. The summed E-state index contributed by atoms with van der Waals surface area (Å²) < 4.78 is 10.3. The zero-order valence-corrected chi connectivity index (χ0v) is 8.34. The number of rotatable bonds is 3. The molecule has 4 heteroatoms. The van der Waals surface area contributed by atoms with Crippen molar-refractivity contribution < 1.29 is 14.3 Å². The third-order valence-corrected chi connectivity index (χ3v) is 2.17. The molecule has 0 spiro atoms. The Balaban J connectivity index is 2.20. The van der Waals surface area contributed by atoms with Gasteiger partial charge in [-0.2, -0.15) is 0 Å². The lowest BCUT2D eigenvalue weighted by atomic mass is 10.2. The maximum atomic E-state index is 10.5. The summed E-state index contributed by atoms with van der Waals surface area (Å²) in [6.07, 6.45) is 0.788. The molecule has 0 amide bonds. The number of hydrogen-bond donors (Lipinski definition) is 0. The van der Waals surface area contributed by atoms with E-state index in [4.69, 9.17) is 9.47 Å². The number of nitrogens with zero attached hydrogens (tertiary/aromatic N) is 1. The van der Waals surface area contributed by atoms with Crippen molar-refractivity contribution in [2.24, 2.45) is 4.99 Å². The lowest BCUT2D eigenvalue weighted by Crippen LogP contribution is -2.06. The molecule has 15 heavy (non-hydrogen) atoms. The topological polar surface area (TPSA) is 47.9 Å². The van der Waals surface area contributed by atoms with Crippen LogP contribution in [-0.4, -0.2) is 31.9 Å². The molecule has 0 radical (unpaired) electrons. The first kappa shape index (κ1) is 9.71. The Morgan fingerprint density at radius 3 is 2.73 bits per heavy atom. The van der Waals surface area contributed by atoms with Gasteiger partial charge in [-0.15, -0.1) is 0 Å². The molecule has 0 fully saturated rings. The summed E-state index contributed by atoms with van der Waals surface area (Å²) in [4.78, 5) is 14.6. The van der Waals surface area contributed by atoms with Crippen molar-refractivity contribution in [3.63, 3.8) is 0 Å². The molecule has 1 aliphatic heterocycles. The SMILES string of the molecule is COc1ccc(C2=NC(C=O)CO2)cc1. The van der Waals surface area contributed by atoms with E-state index in [2.05, 4.69) is 4.99 Å². The van der Waals surface area contributed by atoms with Gasteiger partial charge in [0.1, 0.15) is 24.7 Å². The van der Waals surface area contributed by atoms with Crippen LogP contribution in [0.3, 0.4) is 0 Å². The van der Waals surface area contributed by atoms with Gasteiger partial charge in [0.15, 0.2) is 0 Å². The van der Waals surface area contributed by atoms with E-state index in [9.17, 15) is 4.79 Å². The number of methoxy groups -OCH3 is 1. The van der Waals surface area contributed by atoms with Crippen LogP contribution in [0.4, 0.5) is 0 Å². The molecule has 78 valence electrons. The molecule has 1 aromatic rings. The van der Waals surface area contributed by atoms with Crippen LogP contribution in [0.2, 0.25) is 0 Å². The third-order valence-electron chi connectivity index (χ3n) is 2.17. The molecule has 0 N–H and O–H groups in total. The second-order valence-electron chi connectivity index (χ2n) is 3.18. The normalized spacial score (nSPS) is 19.3. The molecule has 0 saturated carbocycles. The average molecular weight is 205 g/mol. The van der Waals surface area contributed by atoms with Crippen LogP contribution >= 0.6 is 0 Å². The summed E-state index contributed by atoms with van der Waals surface area (Å²) in [6, 6.07) is 7.00. The minimum absolute atomic E-state index is 0.338. The molecular weight excluding hydrogens is 194 g/mol. The predicted molar refractivity (Wildman–Crippen MR) is 55.3 cm³/mol. The van der Waals surface area contributed by atoms with E-state index in [-0.39, 0.29) is 6.04 Å². The Hall–Kier alpha value is -1.84. The average Bonchev–Trinajstić information content (AvgIpc) is 2.78. The highest BCUT2D eigenvalue weighted by Gasteiger charge is 2.18. The number of aldehydes is 1. The van der Waals surface area contributed by atoms with Gasteiger partial charge < -0.3 is 14.3 Å².